The predicted octanol–water partition coefficient (Wildman–Crippen LogP) is 7.11. The van der Waals surface area contributed by atoms with Crippen LogP contribution < -0.4 is 15.5 Å². The number of hydrogen-bond donors (Lipinski definition) is 2. The van der Waals surface area contributed by atoms with Crippen molar-refractivity contribution in [2.24, 2.45) is 5.92 Å². The van der Waals surface area contributed by atoms with E-state index in [1.165, 1.54) is 49.8 Å². The fourth-order valence-corrected chi connectivity index (χ4v) is 9.00. The minimum Gasteiger partial charge on any atom is -0.469 e. The van der Waals surface area contributed by atoms with Crippen molar-refractivity contribution in [3.05, 3.63) is 119 Å². The van der Waals surface area contributed by atoms with Crippen LogP contribution in [0.15, 0.2) is 95.9 Å². The molecule has 1 saturated heterocycles. The third-order valence-electron chi connectivity index (χ3n) is 11.0. The van der Waals surface area contributed by atoms with Crippen LogP contribution in [0.4, 0.5) is 17.1 Å². The van der Waals surface area contributed by atoms with Crippen molar-refractivity contribution in [3.63, 3.8) is 0 Å². The summed E-state index contributed by atoms with van der Waals surface area (Å²) in [6, 6.07) is 25.9. The molecule has 6 rings (SSSR count). The van der Waals surface area contributed by atoms with Crippen molar-refractivity contribution in [3.8, 4) is 0 Å². The van der Waals surface area contributed by atoms with Crippen LogP contribution in [0.25, 0.3) is 0 Å². The van der Waals surface area contributed by atoms with Crippen LogP contribution >= 0.6 is 0 Å². The van der Waals surface area contributed by atoms with E-state index < -0.39 is 21.8 Å². The molecular weight excluding hydrogens is 745 g/mol. The number of esters is 2. The van der Waals surface area contributed by atoms with Crippen LogP contribution in [0.2, 0.25) is 0 Å². The third-order valence-corrected chi connectivity index (χ3v) is 12.9. The SMILES string of the molecule is COC(=O)c1ccc(CCc2ccc(NC(=O)c3cc(N4CCCCC4)ccc3NC(=O)c3cccc(S(=O)(=O)N(C)C4CCC(C(=O)OC)CC4)c3)cc2)cc1. The van der Waals surface area contributed by atoms with Gasteiger partial charge in [0, 0.05) is 43.1 Å². The van der Waals surface area contributed by atoms with E-state index in [1.807, 2.05) is 42.5 Å². The zero-order valence-corrected chi connectivity index (χ0v) is 33.5. The van der Waals surface area contributed by atoms with E-state index >= 15 is 0 Å². The van der Waals surface area contributed by atoms with Crippen molar-refractivity contribution in [2.75, 3.05) is 49.9 Å². The fourth-order valence-electron chi connectivity index (χ4n) is 7.54. The molecule has 4 aromatic rings. The van der Waals surface area contributed by atoms with Crippen molar-refractivity contribution in [1.82, 2.24) is 4.31 Å². The van der Waals surface area contributed by atoms with Gasteiger partial charge in [-0.1, -0.05) is 30.3 Å². The molecule has 13 heteroatoms. The second-order valence-electron chi connectivity index (χ2n) is 14.6. The number of carbonyl (C=O) groups is 4. The van der Waals surface area contributed by atoms with E-state index in [0.29, 0.717) is 42.6 Å². The van der Waals surface area contributed by atoms with Crippen LogP contribution in [0.3, 0.4) is 0 Å². The number of rotatable bonds is 13. The second-order valence-corrected chi connectivity index (χ2v) is 16.6. The summed E-state index contributed by atoms with van der Waals surface area (Å²) in [5, 5.41) is 5.86. The first-order valence-electron chi connectivity index (χ1n) is 19.4. The van der Waals surface area contributed by atoms with Gasteiger partial charge in [-0.3, -0.25) is 14.4 Å². The molecule has 300 valence electrons. The molecule has 1 saturated carbocycles. The molecule has 4 aromatic carbocycles. The lowest BCUT2D eigenvalue weighted by molar-refractivity contribution is -0.146. The fraction of sp³-hybridized carbons (Fsp3) is 0.364. The quantitative estimate of drug-likeness (QED) is 0.135. The van der Waals surface area contributed by atoms with Gasteiger partial charge in [0.15, 0.2) is 0 Å². The van der Waals surface area contributed by atoms with E-state index in [4.69, 9.17) is 9.47 Å². The Labute approximate surface area is 334 Å². The van der Waals surface area contributed by atoms with Gasteiger partial charge in [0.1, 0.15) is 0 Å². The standard InChI is InChI=1S/C44H50N4O8S/c1-47(36-22-18-33(19-23-36)44(52)56-3)57(53,54)38-9-7-8-34(28-38)41(49)46-40-25-24-37(48-26-5-4-6-27-48)29-39(40)42(50)45-35-20-14-31(15-21-35)11-10-30-12-16-32(17-13-30)43(51)55-2/h7-9,12-17,20-21,24-25,28-29,33,36H,4-6,10-11,18-19,22-23,26-27H2,1-3H3,(H,45,50)(H,46,49). The Morgan fingerprint density at radius 3 is 2.00 bits per heavy atom. The molecule has 0 bridgehead atoms. The molecule has 2 fully saturated rings. The summed E-state index contributed by atoms with van der Waals surface area (Å²) in [5.74, 6) is -1.84. The van der Waals surface area contributed by atoms with Crippen LogP contribution in [0, 0.1) is 5.92 Å². The number of amides is 2. The maximum atomic E-state index is 13.9. The van der Waals surface area contributed by atoms with Gasteiger partial charge >= 0.3 is 11.9 Å². The highest BCUT2D eigenvalue weighted by atomic mass is 32.2. The summed E-state index contributed by atoms with van der Waals surface area (Å²) in [6.07, 6.45) is 6.89. The zero-order valence-electron chi connectivity index (χ0n) is 32.7. The highest BCUT2D eigenvalue weighted by molar-refractivity contribution is 7.89. The first-order chi connectivity index (χ1) is 27.5. The van der Waals surface area contributed by atoms with Gasteiger partial charge in [-0.05, 0) is 130 Å². The number of methoxy groups -OCH3 is 2. The lowest BCUT2D eigenvalue weighted by atomic mass is 9.86. The van der Waals surface area contributed by atoms with Crippen molar-refractivity contribution >= 4 is 50.8 Å². The molecule has 0 radical (unpaired) electrons. The summed E-state index contributed by atoms with van der Waals surface area (Å²) >= 11 is 0. The van der Waals surface area contributed by atoms with Crippen LogP contribution in [0.5, 0.6) is 0 Å². The molecule has 57 heavy (non-hydrogen) atoms. The Morgan fingerprint density at radius 2 is 1.37 bits per heavy atom. The minimum atomic E-state index is -3.96. The van der Waals surface area contributed by atoms with Crippen molar-refractivity contribution in [2.45, 2.75) is 68.7 Å². The topological polar surface area (TPSA) is 151 Å². The van der Waals surface area contributed by atoms with E-state index in [1.54, 1.807) is 24.3 Å². The van der Waals surface area contributed by atoms with Gasteiger partial charge in [-0.25, -0.2) is 13.2 Å². The first-order valence-corrected chi connectivity index (χ1v) is 20.8. The Morgan fingerprint density at radius 1 is 0.719 bits per heavy atom. The second kappa shape index (κ2) is 18.6. The summed E-state index contributed by atoms with van der Waals surface area (Å²) in [4.78, 5) is 53.6. The number of sulfonamides is 1. The maximum Gasteiger partial charge on any atom is 0.337 e. The Kier molecular flexibility index (Phi) is 13.4. The average Bonchev–Trinajstić information content (AvgIpc) is 3.26. The molecule has 1 heterocycles. The molecule has 2 N–H and O–H groups in total. The minimum absolute atomic E-state index is 0.0222. The van der Waals surface area contributed by atoms with E-state index in [-0.39, 0.29) is 39.9 Å². The van der Waals surface area contributed by atoms with Gasteiger partial charge in [0.2, 0.25) is 10.0 Å². The Bertz CT molecular complexity index is 2180. The van der Waals surface area contributed by atoms with Crippen LogP contribution in [0.1, 0.15) is 87.1 Å². The molecule has 0 atom stereocenters. The number of nitrogens with one attached hydrogen (secondary N) is 2. The number of piperidine rings is 1. The molecule has 0 aromatic heterocycles. The van der Waals surface area contributed by atoms with Gasteiger partial charge in [-0.2, -0.15) is 4.31 Å². The van der Waals surface area contributed by atoms with E-state index in [2.05, 4.69) is 15.5 Å². The molecule has 2 amide bonds. The zero-order chi connectivity index (χ0) is 40.5. The smallest absolute Gasteiger partial charge is 0.337 e. The monoisotopic (exact) mass is 794 g/mol. The van der Waals surface area contributed by atoms with Gasteiger partial charge in [0.25, 0.3) is 11.8 Å². The molecule has 2 aliphatic rings. The van der Waals surface area contributed by atoms with Crippen LogP contribution in [-0.2, 0) is 37.1 Å². The van der Waals surface area contributed by atoms with Crippen LogP contribution in [-0.4, -0.2) is 76.9 Å². The summed E-state index contributed by atoms with van der Waals surface area (Å²) < 4.78 is 38.4. The van der Waals surface area contributed by atoms with E-state index in [0.717, 1.165) is 62.0 Å². The number of hydrogen-bond acceptors (Lipinski definition) is 9. The normalized spacial score (nSPS) is 17.1. The molecular formula is C44H50N4O8S. The number of carbonyl (C=O) groups excluding carboxylic acids is 4. The average molecular weight is 795 g/mol. The number of benzene rings is 4. The number of anilines is 3. The van der Waals surface area contributed by atoms with E-state index in [9.17, 15) is 27.6 Å². The van der Waals surface area contributed by atoms with Crippen molar-refractivity contribution < 1.29 is 37.1 Å². The molecule has 12 nitrogen and oxygen atoms in total. The molecule has 1 aliphatic heterocycles. The molecule has 0 unspecified atom stereocenters. The maximum absolute atomic E-state index is 13.9. The lowest BCUT2D eigenvalue weighted by Gasteiger charge is -2.33. The summed E-state index contributed by atoms with van der Waals surface area (Å²) in [6.45, 7) is 1.73. The lowest BCUT2D eigenvalue weighted by Crippen LogP contribution is -2.40. The third kappa shape index (κ3) is 10.1. The Balaban J connectivity index is 1.15. The Hall–Kier alpha value is -5.53. The molecule has 1 aliphatic carbocycles. The molecule has 0 spiro atoms. The number of nitrogens with zero attached hydrogens (tertiary/aromatic N) is 2. The first kappa shape index (κ1) is 41.1. The summed E-state index contributed by atoms with van der Waals surface area (Å²) in [7, 11) is 0.284. The largest absolute Gasteiger partial charge is 0.469 e. The van der Waals surface area contributed by atoms with Gasteiger partial charge < -0.3 is 25.0 Å². The van der Waals surface area contributed by atoms with Gasteiger partial charge in [0.05, 0.1) is 41.8 Å². The highest BCUT2D eigenvalue weighted by Gasteiger charge is 2.34. The number of ether oxygens (including phenoxy) is 2. The number of aryl methyl sites for hydroxylation is 2. The van der Waals surface area contributed by atoms with Crippen molar-refractivity contribution in [1.29, 1.82) is 0 Å². The predicted molar refractivity (Wildman–Crippen MR) is 219 cm³/mol. The van der Waals surface area contributed by atoms with Gasteiger partial charge in [-0.15, -0.1) is 0 Å². The summed E-state index contributed by atoms with van der Waals surface area (Å²) in [5.41, 5.74) is 4.82. The highest BCUT2D eigenvalue weighted by Crippen LogP contribution is 2.32.